The molecule has 0 spiro atoms. The van der Waals surface area contributed by atoms with Crippen molar-refractivity contribution in [2.24, 2.45) is 0 Å². The highest BCUT2D eigenvalue weighted by atomic mass is 16.5. The minimum Gasteiger partial charge on any atom is -0.488 e. The third kappa shape index (κ3) is 5.65. The Balaban J connectivity index is 1.76. The SMILES string of the molecule is CCCCO/C(C=O)=C1\C(=O)N2CCN(C(c3ccccc3)c3ccccc3)C2CN1/C=C(\C)C(=O)OC. The summed E-state index contributed by atoms with van der Waals surface area (Å²) in [6, 6.07) is 20.4. The van der Waals surface area contributed by atoms with Crippen molar-refractivity contribution in [2.75, 3.05) is 33.4 Å². The number of nitrogens with zero attached hydrogens (tertiary/aromatic N) is 3. The molecule has 0 aliphatic carbocycles. The highest BCUT2D eigenvalue weighted by Gasteiger charge is 2.47. The molecule has 1 atom stereocenters. The molecule has 0 bridgehead atoms. The van der Waals surface area contributed by atoms with Gasteiger partial charge in [0.15, 0.2) is 17.7 Å². The summed E-state index contributed by atoms with van der Waals surface area (Å²) in [5.74, 6) is -0.818. The molecule has 2 saturated heterocycles. The van der Waals surface area contributed by atoms with Gasteiger partial charge in [0.05, 0.1) is 31.9 Å². The first kappa shape index (κ1) is 27.1. The highest BCUT2D eigenvalue weighted by molar-refractivity contribution is 5.99. The van der Waals surface area contributed by atoms with E-state index >= 15 is 0 Å². The predicted octanol–water partition coefficient (Wildman–Crippen LogP) is 3.87. The van der Waals surface area contributed by atoms with E-state index < -0.39 is 5.97 Å². The molecule has 2 aliphatic heterocycles. The second-order valence-corrected chi connectivity index (χ2v) is 9.43. The van der Waals surface area contributed by atoms with Crippen molar-refractivity contribution < 1.29 is 23.9 Å². The molecule has 1 unspecified atom stereocenters. The molecule has 0 radical (unpaired) electrons. The van der Waals surface area contributed by atoms with Gasteiger partial charge in [-0.05, 0) is 24.5 Å². The van der Waals surface area contributed by atoms with E-state index in [-0.39, 0.29) is 29.6 Å². The van der Waals surface area contributed by atoms with E-state index in [4.69, 9.17) is 9.47 Å². The lowest BCUT2D eigenvalue weighted by Gasteiger charge is -2.43. The van der Waals surface area contributed by atoms with Crippen LogP contribution in [0.25, 0.3) is 0 Å². The Morgan fingerprint density at radius 3 is 2.24 bits per heavy atom. The number of fused-ring (bicyclic) bond motifs is 1. The van der Waals surface area contributed by atoms with Crippen LogP contribution < -0.4 is 0 Å². The number of methoxy groups -OCH3 is 1. The number of unbranched alkanes of at least 4 members (excludes halogenated alkanes) is 1. The largest absolute Gasteiger partial charge is 0.488 e. The summed E-state index contributed by atoms with van der Waals surface area (Å²) in [6.45, 7) is 5.50. The molecule has 1 amide bonds. The smallest absolute Gasteiger partial charge is 0.334 e. The summed E-state index contributed by atoms with van der Waals surface area (Å²) in [7, 11) is 1.31. The van der Waals surface area contributed by atoms with Gasteiger partial charge < -0.3 is 19.3 Å². The predicted molar refractivity (Wildman–Crippen MR) is 143 cm³/mol. The molecular weight excluding hydrogens is 482 g/mol. The molecule has 38 heavy (non-hydrogen) atoms. The molecule has 0 saturated carbocycles. The molecule has 8 nitrogen and oxygen atoms in total. The highest BCUT2D eigenvalue weighted by Crippen LogP contribution is 2.37. The van der Waals surface area contributed by atoms with Crippen molar-refractivity contribution >= 4 is 18.2 Å². The standard InChI is InChI=1S/C30H35N3O5/c1-4-5-18-38-25(21-34)28-29(35)33-17-16-32(26(33)20-31(28)19-22(2)30(36)37-3)27(23-12-8-6-9-13-23)24-14-10-7-11-15-24/h6-15,19,21,26-27H,4-5,16-18,20H2,1-3H3/b22-19+,28-25+. The summed E-state index contributed by atoms with van der Waals surface area (Å²) < 4.78 is 10.7. The van der Waals surface area contributed by atoms with Gasteiger partial charge in [0.1, 0.15) is 6.17 Å². The van der Waals surface area contributed by atoms with Crippen molar-refractivity contribution in [1.82, 2.24) is 14.7 Å². The molecule has 2 fully saturated rings. The molecule has 2 aromatic carbocycles. The van der Waals surface area contributed by atoms with Gasteiger partial charge in [-0.1, -0.05) is 74.0 Å². The molecule has 0 aromatic heterocycles. The lowest BCUT2D eigenvalue weighted by Crippen LogP contribution is -2.56. The molecule has 200 valence electrons. The summed E-state index contributed by atoms with van der Waals surface area (Å²) in [5, 5.41) is 0. The topological polar surface area (TPSA) is 79.4 Å². The average Bonchev–Trinajstić information content (AvgIpc) is 3.36. The van der Waals surface area contributed by atoms with Crippen LogP contribution in [-0.2, 0) is 23.9 Å². The maximum Gasteiger partial charge on any atom is 0.334 e. The summed E-state index contributed by atoms with van der Waals surface area (Å²) >= 11 is 0. The zero-order valence-corrected chi connectivity index (χ0v) is 22.2. The molecular formula is C30H35N3O5. The van der Waals surface area contributed by atoms with Crippen LogP contribution in [0.5, 0.6) is 0 Å². The third-order valence-corrected chi connectivity index (χ3v) is 6.97. The molecule has 2 heterocycles. The molecule has 8 heteroatoms. The molecule has 4 rings (SSSR count). The lowest BCUT2D eigenvalue weighted by molar-refractivity contribution is -0.137. The van der Waals surface area contributed by atoms with E-state index in [9.17, 15) is 14.4 Å². The molecule has 0 N–H and O–H groups in total. The normalized spacial score (nSPS) is 19.4. The Morgan fingerprint density at radius 1 is 1.05 bits per heavy atom. The fraction of sp³-hybridized carbons (Fsp3) is 0.367. The van der Waals surface area contributed by atoms with Crippen LogP contribution in [0.4, 0.5) is 0 Å². The van der Waals surface area contributed by atoms with Crippen molar-refractivity contribution in [3.8, 4) is 0 Å². The van der Waals surface area contributed by atoms with Crippen LogP contribution in [0.15, 0.2) is 83.9 Å². The number of hydrogen-bond donors (Lipinski definition) is 0. The minimum atomic E-state index is -0.506. The van der Waals surface area contributed by atoms with E-state index in [2.05, 4.69) is 29.2 Å². The Labute approximate surface area is 224 Å². The van der Waals surface area contributed by atoms with E-state index in [0.717, 1.165) is 24.0 Å². The van der Waals surface area contributed by atoms with Crippen molar-refractivity contribution in [2.45, 2.75) is 38.9 Å². The summed E-state index contributed by atoms with van der Waals surface area (Å²) in [5.41, 5.74) is 2.71. The van der Waals surface area contributed by atoms with Gasteiger partial charge in [0, 0.05) is 19.3 Å². The Bertz CT molecular complexity index is 1160. The minimum absolute atomic E-state index is 0.0167. The number of esters is 1. The molecule has 2 aromatic rings. The van der Waals surface area contributed by atoms with Gasteiger partial charge in [-0.25, -0.2) is 4.79 Å². The fourth-order valence-corrected chi connectivity index (χ4v) is 5.11. The maximum absolute atomic E-state index is 13.9. The number of amides is 1. The first-order valence-corrected chi connectivity index (χ1v) is 13.0. The van der Waals surface area contributed by atoms with Gasteiger partial charge in [-0.3, -0.25) is 14.5 Å². The van der Waals surface area contributed by atoms with Gasteiger partial charge in [0.25, 0.3) is 5.91 Å². The van der Waals surface area contributed by atoms with Gasteiger partial charge in [-0.2, -0.15) is 0 Å². The second kappa shape index (κ2) is 12.6. The third-order valence-electron chi connectivity index (χ3n) is 6.97. The van der Waals surface area contributed by atoms with Crippen molar-refractivity contribution in [1.29, 1.82) is 0 Å². The number of hydrogen-bond acceptors (Lipinski definition) is 7. The number of carbonyl (C=O) groups excluding carboxylic acids is 3. The van der Waals surface area contributed by atoms with Gasteiger partial charge in [-0.15, -0.1) is 0 Å². The van der Waals surface area contributed by atoms with E-state index in [0.29, 0.717) is 38.1 Å². The van der Waals surface area contributed by atoms with Gasteiger partial charge in [0.2, 0.25) is 0 Å². The maximum atomic E-state index is 13.9. The first-order chi connectivity index (χ1) is 18.5. The first-order valence-electron chi connectivity index (χ1n) is 13.0. The number of carbonyl (C=O) groups is 3. The zero-order valence-electron chi connectivity index (χ0n) is 22.2. The van der Waals surface area contributed by atoms with Crippen LogP contribution >= 0.6 is 0 Å². The van der Waals surface area contributed by atoms with E-state index in [1.165, 1.54) is 7.11 Å². The second-order valence-electron chi connectivity index (χ2n) is 9.43. The zero-order chi connectivity index (χ0) is 27.1. The van der Waals surface area contributed by atoms with Crippen molar-refractivity contribution in [3.05, 3.63) is 95.0 Å². The van der Waals surface area contributed by atoms with E-state index in [1.807, 2.05) is 43.3 Å². The Kier molecular flexibility index (Phi) is 8.97. The van der Waals surface area contributed by atoms with Crippen LogP contribution in [0.2, 0.25) is 0 Å². The molecule has 2 aliphatic rings. The summed E-state index contributed by atoms with van der Waals surface area (Å²) in [6.07, 6.45) is 3.53. The van der Waals surface area contributed by atoms with Crippen molar-refractivity contribution in [3.63, 3.8) is 0 Å². The number of benzene rings is 2. The lowest BCUT2D eigenvalue weighted by atomic mass is 9.96. The number of rotatable bonds is 10. The van der Waals surface area contributed by atoms with E-state index in [1.54, 1.807) is 22.9 Å². The monoisotopic (exact) mass is 517 g/mol. The Morgan fingerprint density at radius 2 is 1.68 bits per heavy atom. The van der Waals surface area contributed by atoms with Gasteiger partial charge >= 0.3 is 5.97 Å². The van der Waals surface area contributed by atoms with Crippen LogP contribution in [0, 0.1) is 0 Å². The number of allylic oxidation sites excluding steroid dienone is 1. The number of ether oxygens (including phenoxy) is 2. The fourth-order valence-electron chi connectivity index (χ4n) is 5.11. The van der Waals surface area contributed by atoms with Crippen LogP contribution in [-0.4, -0.2) is 72.4 Å². The quantitative estimate of drug-likeness (QED) is 0.156. The number of piperazine rings is 1. The summed E-state index contributed by atoms with van der Waals surface area (Å²) in [4.78, 5) is 44.1. The van der Waals surface area contributed by atoms with Crippen LogP contribution in [0.1, 0.15) is 43.9 Å². The Hall–Kier alpha value is -3.91. The average molecular weight is 518 g/mol. The number of aldehydes is 1. The van der Waals surface area contributed by atoms with Crippen LogP contribution in [0.3, 0.4) is 0 Å².